The fourth-order valence-corrected chi connectivity index (χ4v) is 5.39. The number of fused-ring (bicyclic) bond motifs is 4. The van der Waals surface area contributed by atoms with Crippen LogP contribution in [0.1, 0.15) is 32.9 Å². The van der Waals surface area contributed by atoms with Crippen molar-refractivity contribution in [3.63, 3.8) is 0 Å². The Morgan fingerprint density at radius 3 is 2.43 bits per heavy atom. The van der Waals surface area contributed by atoms with E-state index in [1.165, 1.54) is 24.2 Å². The Labute approximate surface area is 185 Å². The van der Waals surface area contributed by atoms with Crippen LogP contribution in [0.3, 0.4) is 0 Å². The van der Waals surface area contributed by atoms with Crippen LogP contribution in [-0.2, 0) is 0 Å². The summed E-state index contributed by atoms with van der Waals surface area (Å²) < 4.78 is 0.995. The molecule has 3 aliphatic heterocycles. The summed E-state index contributed by atoms with van der Waals surface area (Å²) in [5, 5.41) is 7.21. The van der Waals surface area contributed by atoms with Gasteiger partial charge in [0, 0.05) is 28.5 Å². The zero-order valence-corrected chi connectivity index (χ0v) is 18.1. The topological polar surface area (TPSA) is 61.4 Å². The minimum atomic E-state index is -0.137. The second-order valence-electron chi connectivity index (χ2n) is 7.90. The van der Waals surface area contributed by atoms with Gasteiger partial charge >= 0.3 is 0 Å². The minimum absolute atomic E-state index is 0. The summed E-state index contributed by atoms with van der Waals surface area (Å²) in [6.45, 7) is 3.30. The van der Waals surface area contributed by atoms with Gasteiger partial charge in [0.15, 0.2) is 0 Å². The van der Waals surface area contributed by atoms with Gasteiger partial charge in [0.25, 0.3) is 11.8 Å². The van der Waals surface area contributed by atoms with E-state index in [-0.39, 0.29) is 30.3 Å². The van der Waals surface area contributed by atoms with Crippen LogP contribution in [0.5, 0.6) is 0 Å². The van der Waals surface area contributed by atoms with Gasteiger partial charge in [-0.2, -0.15) is 0 Å². The molecule has 5 nitrogen and oxygen atoms in total. The molecular weight excluding hydrogens is 418 g/mol. The number of anilines is 1. The van der Waals surface area contributed by atoms with E-state index in [1.807, 2.05) is 42.5 Å². The first-order valence-electron chi connectivity index (χ1n) is 10.1. The van der Waals surface area contributed by atoms with Gasteiger partial charge in [-0.15, -0.1) is 23.7 Å². The van der Waals surface area contributed by atoms with Gasteiger partial charge in [0.1, 0.15) is 0 Å². The Bertz CT molecular complexity index is 1060. The molecule has 0 spiro atoms. The third-order valence-corrected chi connectivity index (χ3v) is 7.11. The average molecular weight is 442 g/mol. The standard InChI is InChI=1S/C23H23N3O2S.ClH/c27-22(16-4-2-1-3-5-16)24-18-7-6-17-12-21(29-20(17)13-18)23(28)25-19-14-26-10-8-15(19)9-11-26;/h1-7,12-13,15,19H,8-11,14H2,(H,24,27)(H,25,28);1H/t19-;/m0./s1. The fraction of sp³-hybridized carbons (Fsp3) is 0.304. The summed E-state index contributed by atoms with van der Waals surface area (Å²) in [5.74, 6) is 0.486. The number of carbonyl (C=O) groups excluding carboxylic acids is 2. The van der Waals surface area contributed by atoms with Crippen molar-refractivity contribution in [2.45, 2.75) is 18.9 Å². The molecule has 3 fully saturated rings. The van der Waals surface area contributed by atoms with Crippen LogP contribution in [0.15, 0.2) is 54.6 Å². The fourth-order valence-electron chi connectivity index (χ4n) is 4.38. The number of hydrogen-bond donors (Lipinski definition) is 2. The summed E-state index contributed by atoms with van der Waals surface area (Å²) in [6, 6.07) is 17.1. The lowest BCUT2D eigenvalue weighted by Crippen LogP contribution is -2.57. The van der Waals surface area contributed by atoms with Gasteiger partial charge in [-0.05, 0) is 67.6 Å². The van der Waals surface area contributed by atoms with Crippen LogP contribution in [-0.4, -0.2) is 42.4 Å². The molecule has 7 heteroatoms. The van der Waals surface area contributed by atoms with Gasteiger partial charge in [-0.3, -0.25) is 9.59 Å². The third kappa shape index (κ3) is 4.21. The normalized spacial score (nSPS) is 22.3. The van der Waals surface area contributed by atoms with E-state index < -0.39 is 0 Å². The highest BCUT2D eigenvalue weighted by molar-refractivity contribution is 7.20. The number of thiophene rings is 1. The molecule has 30 heavy (non-hydrogen) atoms. The lowest BCUT2D eigenvalue weighted by molar-refractivity contribution is 0.0622. The smallest absolute Gasteiger partial charge is 0.261 e. The highest BCUT2D eigenvalue weighted by atomic mass is 35.5. The van der Waals surface area contributed by atoms with E-state index >= 15 is 0 Å². The van der Waals surface area contributed by atoms with Gasteiger partial charge in [-0.1, -0.05) is 24.3 Å². The van der Waals surface area contributed by atoms with Crippen LogP contribution in [0, 0.1) is 5.92 Å². The highest BCUT2D eigenvalue weighted by Crippen LogP contribution is 2.30. The molecule has 0 aliphatic carbocycles. The maximum Gasteiger partial charge on any atom is 0.261 e. The van der Waals surface area contributed by atoms with Crippen molar-refractivity contribution in [1.82, 2.24) is 10.2 Å². The maximum absolute atomic E-state index is 12.8. The number of nitrogens with one attached hydrogen (secondary N) is 2. The number of hydrogen-bond acceptors (Lipinski definition) is 4. The van der Waals surface area contributed by atoms with Crippen molar-refractivity contribution in [1.29, 1.82) is 0 Å². The lowest BCUT2D eigenvalue weighted by Gasteiger charge is -2.44. The first kappa shape index (κ1) is 20.8. The van der Waals surface area contributed by atoms with E-state index in [2.05, 4.69) is 15.5 Å². The molecule has 2 aromatic carbocycles. The summed E-state index contributed by atoms with van der Waals surface area (Å²) in [7, 11) is 0. The van der Waals surface area contributed by atoms with Gasteiger partial charge in [0.2, 0.25) is 0 Å². The SMILES string of the molecule is Cl.O=C(Nc1ccc2cc(C(=O)N[C@H]3CN4CCC3CC4)sc2c1)c1ccccc1. The number of halogens is 1. The van der Waals surface area contributed by atoms with E-state index in [1.54, 1.807) is 12.1 Å². The van der Waals surface area contributed by atoms with E-state index in [4.69, 9.17) is 0 Å². The molecule has 2 bridgehead atoms. The van der Waals surface area contributed by atoms with Crippen molar-refractivity contribution in [2.75, 3.05) is 25.0 Å². The minimum Gasteiger partial charge on any atom is -0.347 e. The van der Waals surface area contributed by atoms with Crippen molar-refractivity contribution in [2.24, 2.45) is 5.92 Å². The number of carbonyl (C=O) groups is 2. The first-order chi connectivity index (χ1) is 14.2. The molecule has 1 aromatic heterocycles. The van der Waals surface area contributed by atoms with Gasteiger partial charge in [-0.25, -0.2) is 0 Å². The molecule has 3 aromatic rings. The Morgan fingerprint density at radius 1 is 0.967 bits per heavy atom. The van der Waals surface area contributed by atoms with Crippen LogP contribution >= 0.6 is 23.7 Å². The highest BCUT2D eigenvalue weighted by Gasteiger charge is 2.35. The van der Waals surface area contributed by atoms with Crippen molar-refractivity contribution >= 4 is 51.3 Å². The molecule has 2 N–H and O–H groups in total. The molecule has 0 saturated carbocycles. The summed E-state index contributed by atoms with van der Waals surface area (Å²) >= 11 is 1.47. The van der Waals surface area contributed by atoms with E-state index in [0.717, 1.165) is 40.3 Å². The number of benzene rings is 2. The molecule has 156 valence electrons. The second-order valence-corrected chi connectivity index (χ2v) is 8.99. The molecule has 2 amide bonds. The molecule has 3 aliphatic rings. The van der Waals surface area contributed by atoms with E-state index in [9.17, 15) is 9.59 Å². The molecular formula is C23H24ClN3O2S. The zero-order chi connectivity index (χ0) is 19.8. The van der Waals surface area contributed by atoms with Crippen LogP contribution in [0.25, 0.3) is 10.1 Å². The summed E-state index contributed by atoms with van der Waals surface area (Å²) in [5.41, 5.74) is 1.36. The molecule has 1 atom stereocenters. The zero-order valence-electron chi connectivity index (χ0n) is 16.5. The molecule has 4 heterocycles. The Balaban J connectivity index is 0.00000218. The summed E-state index contributed by atoms with van der Waals surface area (Å²) in [6.07, 6.45) is 2.36. The summed E-state index contributed by atoms with van der Waals surface area (Å²) in [4.78, 5) is 28.4. The molecule has 0 radical (unpaired) electrons. The quantitative estimate of drug-likeness (QED) is 0.630. The van der Waals surface area contributed by atoms with Crippen molar-refractivity contribution in [3.05, 3.63) is 65.0 Å². The molecule has 0 unspecified atom stereocenters. The van der Waals surface area contributed by atoms with Gasteiger partial charge in [0.05, 0.1) is 4.88 Å². The van der Waals surface area contributed by atoms with E-state index in [0.29, 0.717) is 11.5 Å². The maximum atomic E-state index is 12.8. The number of nitrogens with zero attached hydrogens (tertiary/aromatic N) is 1. The van der Waals surface area contributed by atoms with Crippen molar-refractivity contribution in [3.8, 4) is 0 Å². The van der Waals surface area contributed by atoms with Crippen molar-refractivity contribution < 1.29 is 9.59 Å². The largest absolute Gasteiger partial charge is 0.347 e. The number of rotatable bonds is 4. The predicted octanol–water partition coefficient (Wildman–Crippen LogP) is 4.40. The number of amides is 2. The second kappa shape index (κ2) is 8.76. The third-order valence-electron chi connectivity index (χ3n) is 6.01. The average Bonchev–Trinajstić information content (AvgIpc) is 3.19. The molecule has 3 saturated heterocycles. The van der Waals surface area contributed by atoms with Crippen LogP contribution in [0.4, 0.5) is 5.69 Å². The Kier molecular flexibility index (Phi) is 6.09. The van der Waals surface area contributed by atoms with Crippen LogP contribution < -0.4 is 10.6 Å². The van der Waals surface area contributed by atoms with Gasteiger partial charge < -0.3 is 15.5 Å². The Morgan fingerprint density at radius 2 is 1.73 bits per heavy atom. The van der Waals surface area contributed by atoms with Crippen LogP contribution in [0.2, 0.25) is 0 Å². The Hall–Kier alpha value is -2.41. The lowest BCUT2D eigenvalue weighted by atomic mass is 9.84. The first-order valence-corrected chi connectivity index (χ1v) is 10.9. The monoisotopic (exact) mass is 441 g/mol. The molecule has 6 rings (SSSR count). The number of piperidine rings is 3. The predicted molar refractivity (Wildman–Crippen MR) is 124 cm³/mol.